The normalized spacial score (nSPS) is 11.6. The standard InChI is InChI=1S/C29H29N3O5S2/c1-21-8-7-9-25(19-21)32(39(36,37)27-10-5-4-6-11-27)20-29(33)30-24-13-15-26(16-14-24)38(34,35)31-28-17-12-22(2)18-23(28)3/h4-19,31H,20H2,1-3H3,(H,30,33). The van der Waals surface area contributed by atoms with Crippen molar-refractivity contribution in [3.05, 3.63) is 114 Å². The number of carbonyl (C=O) groups excluding carboxylic acids is 1. The minimum atomic E-state index is -4.04. The minimum Gasteiger partial charge on any atom is -0.325 e. The number of rotatable bonds is 9. The van der Waals surface area contributed by atoms with Crippen molar-refractivity contribution >= 4 is 43.0 Å². The lowest BCUT2D eigenvalue weighted by molar-refractivity contribution is -0.114. The van der Waals surface area contributed by atoms with E-state index in [4.69, 9.17) is 0 Å². The van der Waals surface area contributed by atoms with Gasteiger partial charge in [0.1, 0.15) is 6.54 Å². The van der Waals surface area contributed by atoms with Gasteiger partial charge in [0.15, 0.2) is 0 Å². The van der Waals surface area contributed by atoms with Crippen molar-refractivity contribution in [1.82, 2.24) is 0 Å². The molecule has 0 saturated carbocycles. The maximum absolute atomic E-state index is 13.5. The molecule has 4 rings (SSSR count). The lowest BCUT2D eigenvalue weighted by atomic mass is 10.1. The first-order chi connectivity index (χ1) is 18.5. The predicted octanol–water partition coefficient (Wildman–Crippen LogP) is 5.25. The van der Waals surface area contributed by atoms with Crippen LogP contribution in [0.25, 0.3) is 0 Å². The van der Waals surface area contributed by atoms with Crippen LogP contribution in [0, 0.1) is 20.8 Å². The largest absolute Gasteiger partial charge is 0.325 e. The number of benzene rings is 4. The van der Waals surface area contributed by atoms with Crippen molar-refractivity contribution in [3.63, 3.8) is 0 Å². The molecule has 0 aliphatic carbocycles. The number of anilines is 3. The van der Waals surface area contributed by atoms with E-state index < -0.39 is 32.5 Å². The van der Waals surface area contributed by atoms with E-state index in [2.05, 4.69) is 10.0 Å². The van der Waals surface area contributed by atoms with Gasteiger partial charge in [-0.3, -0.25) is 13.8 Å². The topological polar surface area (TPSA) is 113 Å². The highest BCUT2D eigenvalue weighted by Gasteiger charge is 2.27. The SMILES string of the molecule is Cc1cccc(N(CC(=O)Nc2ccc(S(=O)(=O)Nc3ccc(C)cc3C)cc2)S(=O)(=O)c2ccccc2)c1. The molecule has 1 amide bonds. The maximum Gasteiger partial charge on any atom is 0.264 e. The zero-order valence-corrected chi connectivity index (χ0v) is 23.4. The highest BCUT2D eigenvalue weighted by atomic mass is 32.2. The third-order valence-electron chi connectivity index (χ3n) is 5.98. The zero-order valence-electron chi connectivity index (χ0n) is 21.7. The van der Waals surface area contributed by atoms with Crippen LogP contribution in [-0.4, -0.2) is 29.3 Å². The molecule has 0 aliphatic heterocycles. The van der Waals surface area contributed by atoms with Crippen molar-refractivity contribution in [3.8, 4) is 0 Å². The van der Waals surface area contributed by atoms with Crippen LogP contribution in [0.3, 0.4) is 0 Å². The van der Waals surface area contributed by atoms with Gasteiger partial charge >= 0.3 is 0 Å². The lowest BCUT2D eigenvalue weighted by Crippen LogP contribution is -2.38. The first kappa shape index (κ1) is 27.9. The van der Waals surface area contributed by atoms with Gasteiger partial charge in [0.05, 0.1) is 21.2 Å². The quantitative estimate of drug-likeness (QED) is 0.289. The summed E-state index contributed by atoms with van der Waals surface area (Å²) in [4.78, 5) is 13.1. The number of hydrogen-bond donors (Lipinski definition) is 2. The van der Waals surface area contributed by atoms with E-state index in [0.29, 0.717) is 17.1 Å². The van der Waals surface area contributed by atoms with Crippen molar-refractivity contribution in [1.29, 1.82) is 0 Å². The van der Waals surface area contributed by atoms with Gasteiger partial charge in [-0.25, -0.2) is 16.8 Å². The van der Waals surface area contributed by atoms with Crippen LogP contribution in [0.4, 0.5) is 17.1 Å². The fraction of sp³-hybridized carbons (Fsp3) is 0.138. The maximum atomic E-state index is 13.5. The van der Waals surface area contributed by atoms with E-state index in [0.717, 1.165) is 21.0 Å². The third kappa shape index (κ3) is 6.65. The van der Waals surface area contributed by atoms with E-state index >= 15 is 0 Å². The summed E-state index contributed by atoms with van der Waals surface area (Å²) < 4.78 is 56.3. The fourth-order valence-corrected chi connectivity index (χ4v) is 6.56. The molecule has 0 aromatic heterocycles. The number of amides is 1. The van der Waals surface area contributed by atoms with E-state index in [-0.39, 0.29) is 9.79 Å². The summed E-state index contributed by atoms with van der Waals surface area (Å²) in [7, 11) is -7.89. The number of aryl methyl sites for hydroxylation is 3. The molecule has 0 unspecified atom stereocenters. The van der Waals surface area contributed by atoms with Crippen LogP contribution in [-0.2, 0) is 24.8 Å². The van der Waals surface area contributed by atoms with Gasteiger partial charge in [0.25, 0.3) is 20.0 Å². The summed E-state index contributed by atoms with van der Waals surface area (Å²) >= 11 is 0. The Hall–Kier alpha value is -4.15. The monoisotopic (exact) mass is 563 g/mol. The highest BCUT2D eigenvalue weighted by Crippen LogP contribution is 2.25. The van der Waals surface area contributed by atoms with Gasteiger partial charge in [-0.2, -0.15) is 0 Å². The van der Waals surface area contributed by atoms with Crippen LogP contribution < -0.4 is 14.3 Å². The van der Waals surface area contributed by atoms with Crippen LogP contribution in [0.15, 0.2) is 107 Å². The number of carbonyl (C=O) groups is 1. The Morgan fingerprint density at radius 2 is 1.38 bits per heavy atom. The molecule has 0 heterocycles. The molecular weight excluding hydrogens is 534 g/mol. The summed E-state index contributed by atoms with van der Waals surface area (Å²) in [6.45, 7) is 5.10. The Morgan fingerprint density at radius 1 is 0.718 bits per heavy atom. The molecule has 2 N–H and O–H groups in total. The summed E-state index contributed by atoms with van der Waals surface area (Å²) in [5, 5.41) is 2.66. The van der Waals surface area contributed by atoms with Crippen molar-refractivity contribution in [2.75, 3.05) is 20.9 Å². The van der Waals surface area contributed by atoms with Crippen molar-refractivity contribution < 1.29 is 21.6 Å². The molecule has 8 nitrogen and oxygen atoms in total. The lowest BCUT2D eigenvalue weighted by Gasteiger charge is -2.24. The summed E-state index contributed by atoms with van der Waals surface area (Å²) in [6.07, 6.45) is 0. The molecule has 0 bridgehead atoms. The Balaban J connectivity index is 1.52. The molecular formula is C29H29N3O5S2. The van der Waals surface area contributed by atoms with Crippen LogP contribution in [0.5, 0.6) is 0 Å². The van der Waals surface area contributed by atoms with Gasteiger partial charge in [-0.15, -0.1) is 0 Å². The van der Waals surface area contributed by atoms with Gasteiger partial charge in [0.2, 0.25) is 5.91 Å². The van der Waals surface area contributed by atoms with E-state index in [1.165, 1.54) is 36.4 Å². The molecule has 39 heavy (non-hydrogen) atoms. The second-order valence-corrected chi connectivity index (χ2v) is 12.7. The smallest absolute Gasteiger partial charge is 0.264 e. The summed E-state index contributed by atoms with van der Waals surface area (Å²) in [5.41, 5.74) is 3.82. The third-order valence-corrected chi connectivity index (χ3v) is 9.15. The molecule has 10 heteroatoms. The van der Waals surface area contributed by atoms with Gasteiger partial charge in [-0.05, 0) is 86.5 Å². The number of nitrogens with zero attached hydrogens (tertiary/aromatic N) is 1. The van der Waals surface area contributed by atoms with E-state index in [1.807, 2.05) is 39.0 Å². The van der Waals surface area contributed by atoms with Crippen molar-refractivity contribution in [2.24, 2.45) is 0 Å². The molecule has 0 radical (unpaired) electrons. The second kappa shape index (κ2) is 11.3. The number of hydrogen-bond acceptors (Lipinski definition) is 5. The Morgan fingerprint density at radius 3 is 2.03 bits per heavy atom. The Kier molecular flexibility index (Phi) is 8.08. The van der Waals surface area contributed by atoms with Gasteiger partial charge in [-0.1, -0.05) is 48.0 Å². The Bertz CT molecular complexity index is 1700. The number of sulfonamides is 2. The molecule has 0 atom stereocenters. The van der Waals surface area contributed by atoms with Gasteiger partial charge < -0.3 is 5.32 Å². The first-order valence-corrected chi connectivity index (χ1v) is 15.0. The Labute approximate surface area is 229 Å². The van der Waals surface area contributed by atoms with Crippen LogP contribution in [0.1, 0.15) is 16.7 Å². The summed E-state index contributed by atoms with van der Waals surface area (Å²) in [5.74, 6) is -0.583. The first-order valence-electron chi connectivity index (χ1n) is 12.1. The average molecular weight is 564 g/mol. The molecule has 4 aromatic carbocycles. The van der Waals surface area contributed by atoms with E-state index in [9.17, 15) is 21.6 Å². The molecule has 0 saturated heterocycles. The molecule has 0 fully saturated rings. The molecule has 202 valence electrons. The van der Waals surface area contributed by atoms with E-state index in [1.54, 1.807) is 42.5 Å². The molecule has 0 spiro atoms. The number of nitrogens with one attached hydrogen (secondary N) is 2. The second-order valence-electron chi connectivity index (χ2n) is 9.16. The van der Waals surface area contributed by atoms with Crippen molar-refractivity contribution in [2.45, 2.75) is 30.6 Å². The highest BCUT2D eigenvalue weighted by molar-refractivity contribution is 7.93. The zero-order chi connectivity index (χ0) is 28.2. The summed E-state index contributed by atoms with van der Waals surface area (Å²) in [6, 6.07) is 25.8. The van der Waals surface area contributed by atoms with Gasteiger partial charge in [0, 0.05) is 5.69 Å². The average Bonchev–Trinajstić information content (AvgIpc) is 2.89. The predicted molar refractivity (Wildman–Crippen MR) is 154 cm³/mol. The van der Waals surface area contributed by atoms with Crippen LogP contribution >= 0.6 is 0 Å². The fourth-order valence-electron chi connectivity index (χ4n) is 4.00. The van der Waals surface area contributed by atoms with Crippen LogP contribution in [0.2, 0.25) is 0 Å². The molecule has 4 aromatic rings. The molecule has 0 aliphatic rings. The minimum absolute atomic E-state index is 0.0218.